The summed E-state index contributed by atoms with van der Waals surface area (Å²) in [7, 11) is 5.68. The van der Waals surface area contributed by atoms with Gasteiger partial charge in [0.1, 0.15) is 28.7 Å². The van der Waals surface area contributed by atoms with Crippen molar-refractivity contribution in [2.24, 2.45) is 21.1 Å². The molecule has 0 radical (unpaired) electrons. The summed E-state index contributed by atoms with van der Waals surface area (Å²) in [4.78, 5) is 91.6. The molecule has 16 aromatic rings. The van der Waals surface area contributed by atoms with E-state index in [1.54, 1.807) is 96.6 Å². The average Bonchev–Trinajstić information content (AvgIpc) is 1.61. The molecule has 0 spiro atoms. The Labute approximate surface area is 831 Å². The highest BCUT2D eigenvalue weighted by molar-refractivity contribution is 6.03. The largest absolute Gasteiger partial charge is 0.381 e. The van der Waals surface area contributed by atoms with Crippen molar-refractivity contribution < 1.29 is 51.7 Å². The molecule has 0 unspecified atom stereocenters. The van der Waals surface area contributed by atoms with E-state index in [9.17, 15) is 24.0 Å². The van der Waals surface area contributed by atoms with Crippen LogP contribution in [0.2, 0.25) is 0 Å². The number of aryl methyl sites for hydroxylation is 5. The Balaban J connectivity index is 0.000000113. The normalized spacial score (nSPS) is 16.4. The number of pyridine rings is 5. The third-order valence-electron chi connectivity index (χ3n) is 29.7. The van der Waals surface area contributed by atoms with E-state index in [4.69, 9.17) is 49.3 Å². The molecule has 32 nitrogen and oxygen atoms in total. The molecule has 0 aliphatic carbocycles. The van der Waals surface area contributed by atoms with Crippen LogP contribution < -0.4 is 0 Å². The van der Waals surface area contributed by atoms with Crippen LogP contribution in [-0.2, 0) is 111 Å². The fraction of sp³-hybridized carbons (Fsp3) is 0.391. The number of carbonyl (C=O) groups excluding carboxylic acids is 5. The summed E-state index contributed by atoms with van der Waals surface area (Å²) in [6.07, 6.45) is 31.0. The van der Waals surface area contributed by atoms with Crippen LogP contribution in [0, 0.1) is 25.5 Å². The molecule has 0 bridgehead atoms. The van der Waals surface area contributed by atoms with Crippen LogP contribution in [0.1, 0.15) is 183 Å². The van der Waals surface area contributed by atoms with E-state index in [0.717, 1.165) is 226 Å². The lowest BCUT2D eigenvalue weighted by molar-refractivity contribution is -0.130. The smallest absolute Gasteiger partial charge is 0.219 e. The molecule has 34 heteroatoms. The number of rotatable bonds is 14. The van der Waals surface area contributed by atoms with Crippen LogP contribution in [0.5, 0.6) is 0 Å². The van der Waals surface area contributed by atoms with E-state index in [1.807, 2.05) is 97.4 Å². The molecule has 24 rings (SSSR count). The molecule has 0 atom stereocenters. The third-order valence-corrected chi connectivity index (χ3v) is 29.7. The van der Waals surface area contributed by atoms with Gasteiger partial charge in [-0.25, -0.2) is 8.78 Å². The molecule has 4 fully saturated rings. The van der Waals surface area contributed by atoms with Gasteiger partial charge in [0.25, 0.3) is 0 Å². The lowest BCUT2D eigenvalue weighted by Gasteiger charge is -2.29. The van der Waals surface area contributed by atoms with E-state index < -0.39 is 0 Å². The summed E-state index contributed by atoms with van der Waals surface area (Å²) < 4.78 is 67.5. The minimum Gasteiger partial charge on any atom is -0.381 e. The Bertz CT molecular complexity index is 7430. The fourth-order valence-electron chi connectivity index (χ4n) is 21.9. The van der Waals surface area contributed by atoms with Gasteiger partial charge in [-0.15, -0.1) is 0 Å². The minimum atomic E-state index is -0.375. The highest BCUT2D eigenvalue weighted by Gasteiger charge is 2.38. The maximum absolute atomic E-state index is 15.6. The summed E-state index contributed by atoms with van der Waals surface area (Å²) in [6, 6.07) is 27.9. The summed E-state index contributed by atoms with van der Waals surface area (Å²) in [6.45, 7) is 23.1. The van der Waals surface area contributed by atoms with Crippen LogP contribution in [0.15, 0.2) is 153 Å². The Hall–Kier alpha value is -14.6. The van der Waals surface area contributed by atoms with Gasteiger partial charge in [0.15, 0.2) is 5.78 Å². The number of ether oxygens (including phenoxy) is 4. The number of hydrogen-bond acceptors (Lipinski definition) is 21. The zero-order chi connectivity index (χ0) is 99.4. The van der Waals surface area contributed by atoms with Gasteiger partial charge >= 0.3 is 0 Å². The maximum Gasteiger partial charge on any atom is 0.219 e. The second kappa shape index (κ2) is 40.7. The number of aromatic nitrogens is 19. The number of carbonyl (C=O) groups is 5. The van der Waals surface area contributed by atoms with Crippen molar-refractivity contribution in [3.05, 3.63) is 227 Å². The highest BCUT2D eigenvalue weighted by atomic mass is 19.1. The topological polar surface area (TPSA) is 324 Å². The second-order valence-electron chi connectivity index (χ2n) is 39.0. The molecule has 740 valence electrons. The van der Waals surface area contributed by atoms with Crippen LogP contribution in [0.25, 0.3) is 133 Å². The molecule has 12 aromatic heterocycles. The Morgan fingerprint density at radius 1 is 0.354 bits per heavy atom. The van der Waals surface area contributed by atoms with Gasteiger partial charge in [-0.05, 0) is 152 Å². The van der Waals surface area contributed by atoms with Crippen molar-refractivity contribution in [3.8, 4) is 90.1 Å². The van der Waals surface area contributed by atoms with Gasteiger partial charge in [0.2, 0.25) is 23.6 Å². The number of halogens is 2. The van der Waals surface area contributed by atoms with Crippen molar-refractivity contribution in [1.82, 2.24) is 113 Å². The number of nitrogens with zero attached hydrogens (tertiary/aromatic N) is 23. The number of fused-ring (bicyclic) bond motifs is 8. The molecular formula is C110H117F2N23O9. The van der Waals surface area contributed by atoms with E-state index in [0.29, 0.717) is 142 Å². The van der Waals surface area contributed by atoms with Crippen LogP contribution in [-0.4, -0.2) is 221 Å². The number of benzene rings is 4. The first kappa shape index (κ1) is 95.6. The van der Waals surface area contributed by atoms with Crippen molar-refractivity contribution in [2.75, 3.05) is 79.0 Å². The zero-order valence-corrected chi connectivity index (χ0v) is 83.0. The zero-order valence-electron chi connectivity index (χ0n) is 83.0. The maximum atomic E-state index is 15.6. The van der Waals surface area contributed by atoms with Crippen molar-refractivity contribution in [3.63, 3.8) is 0 Å². The second-order valence-corrected chi connectivity index (χ2v) is 39.0. The van der Waals surface area contributed by atoms with Crippen molar-refractivity contribution in [1.29, 1.82) is 0 Å². The molecule has 8 aliphatic heterocycles. The Kier molecular flexibility index (Phi) is 27.0. The molecule has 144 heavy (non-hydrogen) atoms. The first-order valence-corrected chi connectivity index (χ1v) is 50.1. The minimum absolute atomic E-state index is 0.00428. The molecule has 20 heterocycles. The van der Waals surface area contributed by atoms with E-state index in [1.165, 1.54) is 40.2 Å². The summed E-state index contributed by atoms with van der Waals surface area (Å²) in [5.74, 6) is -0.500. The number of hydrogen-bond donors (Lipinski definition) is 0. The predicted octanol–water partition coefficient (Wildman–Crippen LogP) is 17.2. The van der Waals surface area contributed by atoms with Gasteiger partial charge < -0.3 is 38.5 Å². The first-order chi connectivity index (χ1) is 69.9. The van der Waals surface area contributed by atoms with Gasteiger partial charge in [-0.3, -0.25) is 81.7 Å². The molecular weight excluding hydrogens is 1830 g/mol. The monoisotopic (exact) mass is 1940 g/mol. The van der Waals surface area contributed by atoms with Gasteiger partial charge in [-0.2, -0.15) is 35.7 Å². The van der Waals surface area contributed by atoms with Crippen molar-refractivity contribution in [2.45, 2.75) is 182 Å². The number of Topliss-reactive ketones (excluding diaryl/α,β-unsaturated/α-hetero) is 1. The molecule has 4 saturated heterocycles. The Morgan fingerprint density at radius 3 is 1.02 bits per heavy atom. The molecule has 8 aliphatic rings. The lowest BCUT2D eigenvalue weighted by atomic mass is 9.93. The predicted molar refractivity (Wildman–Crippen MR) is 541 cm³/mol. The first-order valence-electron chi connectivity index (χ1n) is 50.1. The Morgan fingerprint density at radius 2 is 0.681 bits per heavy atom. The standard InChI is InChI=1S/C30H30FN5O3.2C27H30N6O2.C26H27FN6O2/c1-3-28(38)25-7-5-20(15-32-25)26-14-19-4-6-24(31)29(22(19)16-33-26)30-23-17-35(18(2)37)11-8-27(23)36(34-30)21-9-12-39-13-10-21;1-17-10-19-12-25(20-13-29-31(3)15-20)28-14-23(19)22(11-17)27-24-16-32(18(2)34)7-4-26(24)33(30-27)21-5-8-35-9-6-21;1-17-4-5-19-12-24(20-13-29-31(3)15-20)28-14-22(19)26(17)27-23-16-32(18(2)34)9-6-25(23)33(30-27)21-7-10-35-11-8-21;1-16(34)32-8-5-24-21(15-32)26(30-33(24)19-6-9-35-10-7-19)25-20-13-28-23(18-12-29-31(2)14-18)11-17(20)3-4-22(25)27/h4-7,14-16,21H,3,8-13,17H2,1-2H3;10-15,21H,4-9,16H2,1-3H3;4-5,12-15,21H,6-11,16H2,1-3H3;3-4,11-14,19H,5-10,15H2,1-2H3. The third kappa shape index (κ3) is 19.0. The summed E-state index contributed by atoms with van der Waals surface area (Å²) >= 11 is 0. The molecule has 0 saturated carbocycles. The number of ketones is 1. The summed E-state index contributed by atoms with van der Waals surface area (Å²) in [5.41, 5.74) is 24.7. The van der Waals surface area contributed by atoms with E-state index in [2.05, 4.69) is 99.2 Å². The summed E-state index contributed by atoms with van der Waals surface area (Å²) in [5, 5.41) is 40.8. The van der Waals surface area contributed by atoms with Crippen molar-refractivity contribution >= 4 is 72.5 Å². The highest BCUT2D eigenvalue weighted by Crippen LogP contribution is 2.46. The molecule has 4 amide bonds. The SMILES string of the molecule is CC(=O)N1CCc2c(c(-c3c(C)ccc4cc(-c5cnn(C)c5)ncc34)nn2C2CCOCC2)C1.CC(=O)N1CCc2c(c(-c3c(F)ccc4cc(-c5cnn(C)c5)ncc34)nn2C2CCOCC2)C1.CC(=O)N1CCc2c(c(-c3cc(C)cc4cc(-c5cnn(C)c5)ncc34)nn2C2CCOCC2)C1.CCC(=O)c1ccc(-c2cc3ccc(F)c(-c4nn(C5CCOCC5)c5c4CN(C(C)=O)CC5)c3cn2)cn1. The van der Waals surface area contributed by atoms with E-state index >= 15 is 8.78 Å². The molecule has 4 aromatic carbocycles. The van der Waals surface area contributed by atoms with Gasteiger partial charge in [0.05, 0.1) is 76.9 Å². The average molecular weight is 1940 g/mol. The van der Waals surface area contributed by atoms with E-state index in [-0.39, 0.29) is 53.1 Å². The number of amides is 4. The van der Waals surface area contributed by atoms with Gasteiger partial charge in [0, 0.05) is 347 Å². The van der Waals surface area contributed by atoms with Crippen LogP contribution in [0.3, 0.4) is 0 Å². The fourth-order valence-corrected chi connectivity index (χ4v) is 21.9. The van der Waals surface area contributed by atoms with Crippen LogP contribution in [0.4, 0.5) is 8.78 Å². The molecule has 0 N–H and O–H groups in total. The van der Waals surface area contributed by atoms with Crippen LogP contribution >= 0.6 is 0 Å². The lowest BCUT2D eigenvalue weighted by Crippen LogP contribution is -2.35. The quantitative estimate of drug-likeness (QED) is 0.0913. The van der Waals surface area contributed by atoms with Gasteiger partial charge in [-0.1, -0.05) is 37.3 Å².